The summed E-state index contributed by atoms with van der Waals surface area (Å²) in [6.45, 7) is 3.40. The topological polar surface area (TPSA) is 114 Å². The zero-order valence-corrected chi connectivity index (χ0v) is 15.4. The number of aliphatic hydroxyl groups is 1. The maximum atomic E-state index is 10.5. The van der Waals surface area contributed by atoms with Crippen LogP contribution in [0.5, 0.6) is 0 Å². The number of benzene rings is 1. The number of anilines is 1. The third kappa shape index (κ3) is 3.41. The van der Waals surface area contributed by atoms with E-state index in [1.54, 1.807) is 20.0 Å². The summed E-state index contributed by atoms with van der Waals surface area (Å²) in [5, 5.41) is 10.5. The molecule has 0 aliphatic carbocycles. The quantitative estimate of drug-likeness (QED) is 0.467. The first-order valence-corrected chi connectivity index (χ1v) is 8.68. The van der Waals surface area contributed by atoms with Crippen molar-refractivity contribution in [2.24, 2.45) is 0 Å². The Balaban J connectivity index is 1.70. The summed E-state index contributed by atoms with van der Waals surface area (Å²) in [5.74, 6) is 6.84. The molecule has 0 aliphatic rings. The number of rotatable bonds is 2. The molecule has 3 aromatic heterocycles. The minimum Gasteiger partial charge on any atom is -0.382 e. The number of nitrogen functional groups attached to an aromatic ring is 1. The highest BCUT2D eigenvalue weighted by molar-refractivity contribution is 5.86. The summed E-state index contributed by atoms with van der Waals surface area (Å²) in [4.78, 5) is 20.0. The molecule has 28 heavy (non-hydrogen) atoms. The second-order valence-electron chi connectivity index (χ2n) is 6.58. The van der Waals surface area contributed by atoms with E-state index in [9.17, 15) is 5.11 Å². The summed E-state index contributed by atoms with van der Waals surface area (Å²) in [7, 11) is 0. The first kappa shape index (κ1) is 17.6. The zero-order valence-electron chi connectivity index (χ0n) is 15.4. The zero-order chi connectivity index (χ0) is 19.7. The maximum Gasteiger partial charge on any atom is 0.166 e. The van der Waals surface area contributed by atoms with Gasteiger partial charge in [-0.15, -0.1) is 0 Å². The number of hydrogen-bond acceptors (Lipinski definition) is 6. The highest BCUT2D eigenvalue weighted by Gasteiger charge is 2.22. The van der Waals surface area contributed by atoms with Crippen molar-refractivity contribution in [3.8, 4) is 23.1 Å². The number of hydrogen-bond donors (Lipinski definition) is 3. The van der Waals surface area contributed by atoms with Crippen molar-refractivity contribution in [3.05, 3.63) is 66.0 Å². The molecule has 0 radical (unpaired) electrons. The van der Waals surface area contributed by atoms with Crippen LogP contribution in [0.2, 0.25) is 0 Å². The maximum absolute atomic E-state index is 10.5. The van der Waals surface area contributed by atoms with Gasteiger partial charge in [0.15, 0.2) is 11.4 Å². The fourth-order valence-electron chi connectivity index (χ4n) is 2.86. The van der Waals surface area contributed by atoms with E-state index in [1.165, 1.54) is 6.33 Å². The van der Waals surface area contributed by atoms with Gasteiger partial charge in [0, 0.05) is 17.3 Å². The van der Waals surface area contributed by atoms with Crippen LogP contribution in [-0.4, -0.2) is 30.0 Å². The van der Waals surface area contributed by atoms with Crippen molar-refractivity contribution < 1.29 is 5.11 Å². The lowest BCUT2D eigenvalue weighted by molar-refractivity contribution is 0.118. The standard InChI is InChI=1S/C21H18N6O/c1-13-25-17-7-6-16(27-19(17)20(22)26-13)15-5-3-4-14(10-15)8-9-21(2,28)18-11-23-12-24-18/h3-7,10-12,28H,1-2H3,(H,23,24)(H2,22,25,26). The molecular formula is C21H18N6O. The molecule has 7 nitrogen and oxygen atoms in total. The summed E-state index contributed by atoms with van der Waals surface area (Å²) in [6.07, 6.45) is 3.13. The highest BCUT2D eigenvalue weighted by Crippen LogP contribution is 2.23. The average molecular weight is 370 g/mol. The van der Waals surface area contributed by atoms with E-state index >= 15 is 0 Å². The van der Waals surface area contributed by atoms with Crippen LogP contribution < -0.4 is 5.73 Å². The van der Waals surface area contributed by atoms with Gasteiger partial charge in [0.2, 0.25) is 0 Å². The largest absolute Gasteiger partial charge is 0.382 e. The minimum atomic E-state index is -1.35. The van der Waals surface area contributed by atoms with Crippen LogP contribution >= 0.6 is 0 Å². The minimum absolute atomic E-state index is 0.357. The molecule has 0 fully saturated rings. The van der Waals surface area contributed by atoms with Crippen LogP contribution in [0.4, 0.5) is 5.82 Å². The van der Waals surface area contributed by atoms with E-state index in [-0.39, 0.29) is 0 Å². The number of aromatic amines is 1. The molecule has 7 heteroatoms. The SMILES string of the molecule is Cc1nc(N)c2nc(-c3cccc(C#CC(C)(O)c4c[nH]cn4)c3)ccc2n1. The van der Waals surface area contributed by atoms with E-state index in [1.807, 2.05) is 36.4 Å². The van der Waals surface area contributed by atoms with Crippen molar-refractivity contribution in [3.63, 3.8) is 0 Å². The molecule has 0 spiro atoms. The van der Waals surface area contributed by atoms with Crippen LogP contribution in [0.25, 0.3) is 22.3 Å². The normalized spacial score (nSPS) is 13.0. The van der Waals surface area contributed by atoms with E-state index in [4.69, 9.17) is 5.73 Å². The van der Waals surface area contributed by atoms with E-state index in [0.29, 0.717) is 28.4 Å². The third-order valence-electron chi connectivity index (χ3n) is 4.29. The van der Waals surface area contributed by atoms with E-state index in [2.05, 4.69) is 36.8 Å². The van der Waals surface area contributed by atoms with Gasteiger partial charge in [0.05, 0.1) is 17.5 Å². The third-order valence-corrected chi connectivity index (χ3v) is 4.29. The number of aryl methyl sites for hydroxylation is 1. The summed E-state index contributed by atoms with van der Waals surface area (Å²) in [5.41, 5.74) is 8.79. The first-order chi connectivity index (χ1) is 13.4. The van der Waals surface area contributed by atoms with Crippen LogP contribution in [0, 0.1) is 18.8 Å². The fraction of sp³-hybridized carbons (Fsp3) is 0.143. The molecule has 0 bridgehead atoms. The molecule has 0 amide bonds. The second-order valence-corrected chi connectivity index (χ2v) is 6.58. The van der Waals surface area contributed by atoms with Gasteiger partial charge in [0.25, 0.3) is 0 Å². The van der Waals surface area contributed by atoms with E-state index in [0.717, 1.165) is 16.8 Å². The molecule has 0 aliphatic heterocycles. The second kappa shape index (κ2) is 6.76. The number of aromatic nitrogens is 5. The molecule has 4 aromatic rings. The van der Waals surface area contributed by atoms with Crippen LogP contribution in [0.1, 0.15) is 24.0 Å². The molecular weight excluding hydrogens is 352 g/mol. The monoisotopic (exact) mass is 370 g/mol. The van der Waals surface area contributed by atoms with Gasteiger partial charge in [-0.1, -0.05) is 24.0 Å². The Bertz CT molecular complexity index is 1220. The first-order valence-electron chi connectivity index (χ1n) is 8.68. The van der Waals surface area contributed by atoms with Crippen molar-refractivity contribution in [1.29, 1.82) is 0 Å². The summed E-state index contributed by atoms with van der Waals surface area (Å²) >= 11 is 0. The molecule has 1 aromatic carbocycles. The Morgan fingerprint density at radius 3 is 2.79 bits per heavy atom. The summed E-state index contributed by atoms with van der Waals surface area (Å²) < 4.78 is 0. The Morgan fingerprint density at radius 1 is 1.14 bits per heavy atom. The number of pyridine rings is 1. The number of imidazole rings is 1. The molecule has 0 saturated carbocycles. The van der Waals surface area contributed by atoms with Crippen molar-refractivity contribution in [2.75, 3.05) is 5.73 Å². The van der Waals surface area contributed by atoms with Crippen molar-refractivity contribution >= 4 is 16.9 Å². The number of nitrogens with two attached hydrogens (primary N) is 1. The predicted molar refractivity (Wildman–Crippen MR) is 107 cm³/mol. The van der Waals surface area contributed by atoms with Gasteiger partial charge in [-0.05, 0) is 38.1 Å². The average Bonchev–Trinajstić information content (AvgIpc) is 3.22. The van der Waals surface area contributed by atoms with Crippen LogP contribution in [-0.2, 0) is 5.60 Å². The number of nitrogens with one attached hydrogen (secondary N) is 1. The Labute approximate surface area is 161 Å². The Hall–Kier alpha value is -3.76. The Morgan fingerprint density at radius 2 is 2.00 bits per heavy atom. The lowest BCUT2D eigenvalue weighted by Gasteiger charge is -2.12. The Kier molecular flexibility index (Phi) is 4.26. The molecule has 0 saturated heterocycles. The van der Waals surface area contributed by atoms with Gasteiger partial charge in [-0.2, -0.15) is 0 Å². The predicted octanol–water partition coefficient (Wildman–Crippen LogP) is 2.56. The van der Waals surface area contributed by atoms with Crippen LogP contribution in [0.3, 0.4) is 0 Å². The van der Waals surface area contributed by atoms with Crippen LogP contribution in [0.15, 0.2) is 48.9 Å². The van der Waals surface area contributed by atoms with Gasteiger partial charge < -0.3 is 15.8 Å². The number of fused-ring (bicyclic) bond motifs is 1. The number of nitrogens with zero attached hydrogens (tertiary/aromatic N) is 4. The number of H-pyrrole nitrogens is 1. The molecule has 138 valence electrons. The van der Waals surface area contributed by atoms with Gasteiger partial charge >= 0.3 is 0 Å². The van der Waals surface area contributed by atoms with Crippen molar-refractivity contribution in [1.82, 2.24) is 24.9 Å². The fourth-order valence-corrected chi connectivity index (χ4v) is 2.86. The lowest BCUT2D eigenvalue weighted by atomic mass is 10.0. The molecule has 1 unspecified atom stereocenters. The highest BCUT2D eigenvalue weighted by atomic mass is 16.3. The van der Waals surface area contributed by atoms with Crippen molar-refractivity contribution in [2.45, 2.75) is 19.4 Å². The van der Waals surface area contributed by atoms with Gasteiger partial charge in [-0.25, -0.2) is 19.9 Å². The lowest BCUT2D eigenvalue weighted by Crippen LogP contribution is -2.18. The molecule has 1 atom stereocenters. The smallest absolute Gasteiger partial charge is 0.166 e. The molecule has 3 heterocycles. The summed E-state index contributed by atoms with van der Waals surface area (Å²) in [6, 6.07) is 11.4. The molecule has 4 rings (SSSR count). The van der Waals surface area contributed by atoms with E-state index < -0.39 is 5.60 Å². The van der Waals surface area contributed by atoms with Gasteiger partial charge in [0.1, 0.15) is 17.0 Å². The molecule has 4 N–H and O–H groups in total. The van der Waals surface area contributed by atoms with Gasteiger partial charge in [-0.3, -0.25) is 0 Å².